The van der Waals surface area contributed by atoms with E-state index in [1.54, 1.807) is 8.61 Å². The van der Waals surface area contributed by atoms with Crippen LogP contribution in [0.1, 0.15) is 33.1 Å². The first-order chi connectivity index (χ1) is 8.45. The van der Waals surface area contributed by atoms with Gasteiger partial charge >= 0.3 is 0 Å². The van der Waals surface area contributed by atoms with Gasteiger partial charge in [0.05, 0.1) is 0 Å². The first-order valence-electron chi connectivity index (χ1n) is 6.92. The Morgan fingerprint density at radius 3 is 2.33 bits per heavy atom. The van der Waals surface area contributed by atoms with Gasteiger partial charge in [0, 0.05) is 25.7 Å². The standard InChI is InChI=1S/C12H25N3O2S/c1-10-3-5-14(6-4-10)18(16,17)15-9-12(8-13)7-11(15)2/h10-12H,3-9,13H2,1-2H3. The molecule has 0 aromatic heterocycles. The highest BCUT2D eigenvalue weighted by Gasteiger charge is 2.40. The van der Waals surface area contributed by atoms with Crippen LogP contribution in [0.25, 0.3) is 0 Å². The normalized spacial score (nSPS) is 33.1. The smallest absolute Gasteiger partial charge is 0.282 e. The van der Waals surface area contributed by atoms with Crippen molar-refractivity contribution >= 4 is 10.2 Å². The molecule has 2 unspecified atom stereocenters. The molecule has 2 fully saturated rings. The fraction of sp³-hybridized carbons (Fsp3) is 1.00. The van der Waals surface area contributed by atoms with Crippen LogP contribution in [-0.4, -0.2) is 49.2 Å². The molecule has 0 bridgehead atoms. The lowest BCUT2D eigenvalue weighted by Gasteiger charge is -2.34. The Morgan fingerprint density at radius 1 is 1.22 bits per heavy atom. The Kier molecular flexibility index (Phi) is 4.31. The second-order valence-corrected chi connectivity index (χ2v) is 7.73. The topological polar surface area (TPSA) is 66.6 Å². The zero-order valence-corrected chi connectivity index (χ0v) is 12.2. The molecule has 0 spiro atoms. The molecule has 0 saturated carbocycles. The summed E-state index contributed by atoms with van der Waals surface area (Å²) < 4.78 is 28.5. The number of nitrogens with two attached hydrogens (primary N) is 1. The molecule has 2 N–H and O–H groups in total. The monoisotopic (exact) mass is 275 g/mol. The van der Waals surface area contributed by atoms with Crippen molar-refractivity contribution in [1.29, 1.82) is 0 Å². The molecule has 0 amide bonds. The van der Waals surface area contributed by atoms with Gasteiger partial charge in [0.15, 0.2) is 0 Å². The third-order valence-electron chi connectivity index (χ3n) is 4.30. The van der Waals surface area contributed by atoms with Crippen LogP contribution in [0.4, 0.5) is 0 Å². The Morgan fingerprint density at radius 2 is 1.83 bits per heavy atom. The summed E-state index contributed by atoms with van der Waals surface area (Å²) in [6, 6.07) is 0.0860. The minimum absolute atomic E-state index is 0.0860. The van der Waals surface area contributed by atoms with Crippen LogP contribution >= 0.6 is 0 Å². The molecule has 6 heteroatoms. The lowest BCUT2D eigenvalue weighted by atomic mass is 10.0. The molecule has 0 aromatic carbocycles. The SMILES string of the molecule is CC1CCN(S(=O)(=O)N2CC(CN)CC2C)CC1. The summed E-state index contributed by atoms with van der Waals surface area (Å²) in [7, 11) is -3.27. The molecule has 2 aliphatic rings. The molecule has 106 valence electrons. The van der Waals surface area contributed by atoms with Crippen molar-refractivity contribution in [3.63, 3.8) is 0 Å². The van der Waals surface area contributed by atoms with Crippen LogP contribution in [0.3, 0.4) is 0 Å². The maximum atomic E-state index is 12.6. The van der Waals surface area contributed by atoms with E-state index in [1.165, 1.54) is 0 Å². The molecule has 0 radical (unpaired) electrons. The first-order valence-corrected chi connectivity index (χ1v) is 8.31. The van der Waals surface area contributed by atoms with Crippen molar-refractivity contribution in [2.24, 2.45) is 17.6 Å². The van der Waals surface area contributed by atoms with E-state index >= 15 is 0 Å². The van der Waals surface area contributed by atoms with Crippen LogP contribution in [0, 0.1) is 11.8 Å². The minimum Gasteiger partial charge on any atom is -0.330 e. The average Bonchev–Trinajstić information content (AvgIpc) is 2.72. The molecule has 18 heavy (non-hydrogen) atoms. The quantitative estimate of drug-likeness (QED) is 0.821. The number of rotatable bonds is 3. The summed E-state index contributed by atoms with van der Waals surface area (Å²) in [6.07, 6.45) is 2.84. The highest BCUT2D eigenvalue weighted by Crippen LogP contribution is 2.29. The van der Waals surface area contributed by atoms with E-state index in [-0.39, 0.29) is 6.04 Å². The molecule has 2 atom stereocenters. The summed E-state index contributed by atoms with van der Waals surface area (Å²) in [5.41, 5.74) is 5.66. The van der Waals surface area contributed by atoms with Gasteiger partial charge in [-0.25, -0.2) is 0 Å². The summed E-state index contributed by atoms with van der Waals surface area (Å²) in [5, 5.41) is 0. The van der Waals surface area contributed by atoms with Crippen LogP contribution in [0.15, 0.2) is 0 Å². The summed E-state index contributed by atoms with van der Waals surface area (Å²) >= 11 is 0. The van der Waals surface area contributed by atoms with Gasteiger partial charge in [-0.1, -0.05) is 6.92 Å². The van der Waals surface area contributed by atoms with Gasteiger partial charge in [0.2, 0.25) is 0 Å². The Labute approximate surface area is 110 Å². The first kappa shape index (κ1) is 14.2. The van der Waals surface area contributed by atoms with Gasteiger partial charge in [0.1, 0.15) is 0 Å². The summed E-state index contributed by atoms with van der Waals surface area (Å²) in [6.45, 7) is 6.67. The molecule has 0 aliphatic carbocycles. The van der Waals surface area contributed by atoms with E-state index in [0.29, 0.717) is 38.0 Å². The average molecular weight is 275 g/mol. The molecule has 2 aliphatic heterocycles. The predicted octanol–water partition coefficient (Wildman–Crippen LogP) is 0.632. The van der Waals surface area contributed by atoms with Gasteiger partial charge in [-0.05, 0) is 44.6 Å². The maximum absolute atomic E-state index is 12.6. The van der Waals surface area contributed by atoms with E-state index in [2.05, 4.69) is 6.92 Å². The van der Waals surface area contributed by atoms with Gasteiger partial charge in [-0.3, -0.25) is 0 Å². The van der Waals surface area contributed by atoms with Crippen molar-refractivity contribution < 1.29 is 8.42 Å². The van der Waals surface area contributed by atoms with E-state index < -0.39 is 10.2 Å². The van der Waals surface area contributed by atoms with Crippen LogP contribution in [0.2, 0.25) is 0 Å². The van der Waals surface area contributed by atoms with Crippen LogP contribution in [-0.2, 0) is 10.2 Å². The zero-order chi connectivity index (χ0) is 13.3. The third kappa shape index (κ3) is 2.71. The Balaban J connectivity index is 2.07. The van der Waals surface area contributed by atoms with E-state index in [9.17, 15) is 8.42 Å². The third-order valence-corrected chi connectivity index (χ3v) is 6.42. The molecule has 2 heterocycles. The molecular formula is C12H25N3O2S. The van der Waals surface area contributed by atoms with Crippen molar-refractivity contribution in [2.45, 2.75) is 39.2 Å². The van der Waals surface area contributed by atoms with Crippen LogP contribution in [0.5, 0.6) is 0 Å². The van der Waals surface area contributed by atoms with Gasteiger partial charge in [0.25, 0.3) is 10.2 Å². The molecule has 2 rings (SSSR count). The second kappa shape index (κ2) is 5.45. The van der Waals surface area contributed by atoms with Gasteiger partial charge in [-0.2, -0.15) is 17.0 Å². The molecular weight excluding hydrogens is 250 g/mol. The predicted molar refractivity (Wildman–Crippen MR) is 72.2 cm³/mol. The highest BCUT2D eigenvalue weighted by molar-refractivity contribution is 7.86. The summed E-state index contributed by atoms with van der Waals surface area (Å²) in [5.74, 6) is 0.961. The number of piperidine rings is 1. The lowest BCUT2D eigenvalue weighted by Crippen LogP contribution is -2.48. The second-order valence-electron chi connectivity index (χ2n) is 5.85. The zero-order valence-electron chi connectivity index (χ0n) is 11.4. The van der Waals surface area contributed by atoms with Crippen LogP contribution < -0.4 is 5.73 Å². The highest BCUT2D eigenvalue weighted by atomic mass is 32.2. The minimum atomic E-state index is -3.27. The van der Waals surface area contributed by atoms with E-state index in [1.807, 2.05) is 6.92 Å². The fourth-order valence-corrected chi connectivity index (χ4v) is 4.87. The van der Waals surface area contributed by atoms with E-state index in [0.717, 1.165) is 19.3 Å². The number of nitrogens with zero attached hydrogens (tertiary/aromatic N) is 2. The lowest BCUT2D eigenvalue weighted by molar-refractivity contribution is 0.262. The largest absolute Gasteiger partial charge is 0.330 e. The fourth-order valence-electron chi connectivity index (χ4n) is 2.97. The van der Waals surface area contributed by atoms with Crippen molar-refractivity contribution in [3.8, 4) is 0 Å². The molecule has 0 aromatic rings. The summed E-state index contributed by atoms with van der Waals surface area (Å²) in [4.78, 5) is 0. The maximum Gasteiger partial charge on any atom is 0.282 e. The van der Waals surface area contributed by atoms with Crippen molar-refractivity contribution in [2.75, 3.05) is 26.2 Å². The molecule has 2 saturated heterocycles. The Bertz CT molecular complexity index is 377. The molecule has 5 nitrogen and oxygen atoms in total. The Hall–Kier alpha value is -0.170. The number of hydrogen-bond donors (Lipinski definition) is 1. The van der Waals surface area contributed by atoms with Gasteiger partial charge in [-0.15, -0.1) is 0 Å². The van der Waals surface area contributed by atoms with Gasteiger partial charge < -0.3 is 5.73 Å². The van der Waals surface area contributed by atoms with Crippen molar-refractivity contribution in [3.05, 3.63) is 0 Å². The number of hydrogen-bond acceptors (Lipinski definition) is 3. The van der Waals surface area contributed by atoms with E-state index in [4.69, 9.17) is 5.73 Å². The van der Waals surface area contributed by atoms with Crippen molar-refractivity contribution in [1.82, 2.24) is 8.61 Å².